The van der Waals surface area contributed by atoms with E-state index in [4.69, 9.17) is 4.74 Å². The molecule has 1 fully saturated rings. The summed E-state index contributed by atoms with van der Waals surface area (Å²) in [5.74, 6) is 0.479. The molecule has 0 bridgehead atoms. The van der Waals surface area contributed by atoms with Gasteiger partial charge in [-0.05, 0) is 24.3 Å². The van der Waals surface area contributed by atoms with Gasteiger partial charge in [-0.3, -0.25) is 4.90 Å². The van der Waals surface area contributed by atoms with Crippen molar-refractivity contribution in [2.45, 2.75) is 6.54 Å². The lowest BCUT2D eigenvalue weighted by Gasteiger charge is -2.35. The number of ether oxygens (including phenoxy) is 1. The van der Waals surface area contributed by atoms with Gasteiger partial charge < -0.3 is 9.64 Å². The van der Waals surface area contributed by atoms with E-state index in [1.165, 1.54) is 16.8 Å². The summed E-state index contributed by atoms with van der Waals surface area (Å²) in [4.78, 5) is 8.94. The zero-order chi connectivity index (χ0) is 19.5. The van der Waals surface area contributed by atoms with E-state index in [9.17, 15) is 8.78 Å². The first-order valence-electron chi connectivity index (χ1n) is 9.10. The van der Waals surface area contributed by atoms with Crippen LogP contribution >= 0.6 is 0 Å². The molecule has 146 valence electrons. The van der Waals surface area contributed by atoms with E-state index in [1.54, 1.807) is 19.5 Å². The number of anilines is 1. The van der Waals surface area contributed by atoms with E-state index < -0.39 is 11.6 Å². The predicted octanol–water partition coefficient (Wildman–Crippen LogP) is 2.88. The topological polar surface area (TPSA) is 46.4 Å². The lowest BCUT2D eigenvalue weighted by molar-refractivity contribution is 0.246. The normalized spacial score (nSPS) is 15.0. The van der Waals surface area contributed by atoms with Crippen molar-refractivity contribution in [3.05, 3.63) is 66.1 Å². The van der Waals surface area contributed by atoms with E-state index in [-0.39, 0.29) is 5.69 Å². The number of nitrogens with zero attached hydrogens (tertiary/aromatic N) is 5. The molecule has 3 heterocycles. The fraction of sp³-hybridized carbons (Fsp3) is 0.300. The standard InChI is InChI=1S/C20H21F2N5O/c1-28-17-4-6-23-20(13-17)26-10-8-25(9-11-26)14-16-5-7-27(24-16)19-3-2-15(21)12-18(19)22/h2-7,12-13H,8-11,14H2,1H3. The minimum atomic E-state index is -0.631. The predicted molar refractivity (Wildman–Crippen MR) is 102 cm³/mol. The number of hydrogen-bond donors (Lipinski definition) is 0. The summed E-state index contributed by atoms with van der Waals surface area (Å²) >= 11 is 0. The minimum absolute atomic E-state index is 0.238. The average Bonchev–Trinajstić information content (AvgIpc) is 3.16. The van der Waals surface area contributed by atoms with Crippen molar-refractivity contribution in [3.63, 3.8) is 0 Å². The third kappa shape index (κ3) is 3.96. The maximum absolute atomic E-state index is 13.9. The fourth-order valence-corrected chi connectivity index (χ4v) is 3.31. The summed E-state index contributed by atoms with van der Waals surface area (Å²) in [6.07, 6.45) is 3.45. The molecule has 0 amide bonds. The summed E-state index contributed by atoms with van der Waals surface area (Å²) in [6, 6.07) is 9.11. The van der Waals surface area contributed by atoms with Gasteiger partial charge in [0.15, 0.2) is 5.82 Å². The Morgan fingerprint density at radius 2 is 1.86 bits per heavy atom. The van der Waals surface area contributed by atoms with Gasteiger partial charge >= 0.3 is 0 Å². The van der Waals surface area contributed by atoms with Crippen molar-refractivity contribution in [1.29, 1.82) is 0 Å². The number of hydrogen-bond acceptors (Lipinski definition) is 5. The maximum Gasteiger partial charge on any atom is 0.151 e. The summed E-state index contributed by atoms with van der Waals surface area (Å²) in [5.41, 5.74) is 1.08. The van der Waals surface area contributed by atoms with Gasteiger partial charge in [0.1, 0.15) is 23.1 Å². The molecule has 28 heavy (non-hydrogen) atoms. The van der Waals surface area contributed by atoms with Crippen molar-refractivity contribution >= 4 is 5.82 Å². The highest BCUT2D eigenvalue weighted by atomic mass is 19.1. The van der Waals surface area contributed by atoms with Crippen molar-refractivity contribution in [3.8, 4) is 11.4 Å². The SMILES string of the molecule is COc1ccnc(N2CCN(Cc3ccn(-c4ccc(F)cc4F)n3)CC2)c1. The van der Waals surface area contributed by atoms with E-state index in [0.29, 0.717) is 6.54 Å². The van der Waals surface area contributed by atoms with Gasteiger partial charge in [-0.15, -0.1) is 0 Å². The lowest BCUT2D eigenvalue weighted by Crippen LogP contribution is -2.46. The highest BCUT2D eigenvalue weighted by Gasteiger charge is 2.19. The van der Waals surface area contributed by atoms with Crippen LogP contribution in [-0.2, 0) is 6.54 Å². The highest BCUT2D eigenvalue weighted by molar-refractivity contribution is 5.44. The van der Waals surface area contributed by atoms with Crippen molar-refractivity contribution < 1.29 is 13.5 Å². The number of benzene rings is 1. The molecule has 0 N–H and O–H groups in total. The maximum atomic E-state index is 13.9. The van der Waals surface area contributed by atoms with Gasteiger partial charge in [0.05, 0.1) is 12.8 Å². The smallest absolute Gasteiger partial charge is 0.151 e. The van der Waals surface area contributed by atoms with E-state index >= 15 is 0 Å². The molecule has 0 aliphatic carbocycles. The van der Waals surface area contributed by atoms with Crippen LogP contribution in [0.25, 0.3) is 5.69 Å². The molecule has 1 aromatic carbocycles. The number of methoxy groups -OCH3 is 1. The van der Waals surface area contributed by atoms with Crippen LogP contribution < -0.4 is 9.64 Å². The van der Waals surface area contributed by atoms with Crippen LogP contribution in [0.15, 0.2) is 48.8 Å². The van der Waals surface area contributed by atoms with E-state index in [2.05, 4.69) is 19.9 Å². The molecular weight excluding hydrogens is 364 g/mol. The van der Waals surface area contributed by atoms with Crippen LogP contribution in [0.1, 0.15) is 5.69 Å². The van der Waals surface area contributed by atoms with Gasteiger partial charge in [-0.2, -0.15) is 5.10 Å². The summed E-state index contributed by atoms with van der Waals surface area (Å²) in [7, 11) is 1.65. The zero-order valence-electron chi connectivity index (χ0n) is 15.6. The second-order valence-corrected chi connectivity index (χ2v) is 6.66. The molecule has 3 aromatic rings. The first-order chi connectivity index (χ1) is 13.6. The molecule has 0 radical (unpaired) electrons. The zero-order valence-corrected chi connectivity index (χ0v) is 15.6. The Balaban J connectivity index is 1.37. The van der Waals surface area contributed by atoms with Crippen LogP contribution in [0.2, 0.25) is 0 Å². The molecule has 2 aromatic heterocycles. The van der Waals surface area contributed by atoms with Crippen LogP contribution in [0.3, 0.4) is 0 Å². The molecular formula is C20H21F2N5O. The summed E-state index contributed by atoms with van der Waals surface area (Å²) < 4.78 is 33.7. The second-order valence-electron chi connectivity index (χ2n) is 6.66. The average molecular weight is 385 g/mol. The molecule has 0 saturated carbocycles. The number of aromatic nitrogens is 3. The third-order valence-electron chi connectivity index (χ3n) is 4.84. The minimum Gasteiger partial charge on any atom is -0.497 e. The Hall–Kier alpha value is -3.00. The first-order valence-corrected chi connectivity index (χ1v) is 9.10. The molecule has 1 saturated heterocycles. The van der Waals surface area contributed by atoms with Crippen LogP contribution in [0.5, 0.6) is 5.75 Å². The van der Waals surface area contributed by atoms with Crippen LogP contribution in [-0.4, -0.2) is 53.0 Å². The van der Waals surface area contributed by atoms with Gasteiger partial charge in [0.2, 0.25) is 0 Å². The van der Waals surface area contributed by atoms with Crippen molar-refractivity contribution in [2.24, 2.45) is 0 Å². The summed E-state index contributed by atoms with van der Waals surface area (Å²) in [5, 5.41) is 4.44. The molecule has 8 heteroatoms. The molecule has 4 rings (SSSR count). The van der Waals surface area contributed by atoms with Crippen LogP contribution in [0.4, 0.5) is 14.6 Å². The monoisotopic (exact) mass is 385 g/mol. The van der Waals surface area contributed by atoms with Gasteiger partial charge in [-0.1, -0.05) is 0 Å². The Bertz CT molecular complexity index is 953. The molecule has 0 unspecified atom stereocenters. The molecule has 0 spiro atoms. The Morgan fingerprint density at radius 1 is 1.04 bits per heavy atom. The quantitative estimate of drug-likeness (QED) is 0.676. The largest absolute Gasteiger partial charge is 0.497 e. The van der Waals surface area contributed by atoms with Gasteiger partial charge in [0, 0.05) is 57.3 Å². The Kier molecular flexibility index (Phi) is 5.21. The Morgan fingerprint density at radius 3 is 2.61 bits per heavy atom. The summed E-state index contributed by atoms with van der Waals surface area (Å²) in [6.45, 7) is 4.13. The van der Waals surface area contributed by atoms with Crippen molar-refractivity contribution in [2.75, 3.05) is 38.2 Å². The lowest BCUT2D eigenvalue weighted by atomic mass is 10.2. The third-order valence-corrected chi connectivity index (χ3v) is 4.84. The Labute approximate surface area is 162 Å². The number of pyridine rings is 1. The fourth-order valence-electron chi connectivity index (χ4n) is 3.31. The number of halogens is 2. The van der Waals surface area contributed by atoms with Crippen molar-refractivity contribution in [1.82, 2.24) is 19.7 Å². The van der Waals surface area contributed by atoms with E-state index in [0.717, 1.165) is 49.5 Å². The molecule has 1 aliphatic rings. The molecule has 0 atom stereocenters. The first kappa shape index (κ1) is 18.4. The molecule has 6 nitrogen and oxygen atoms in total. The van der Waals surface area contributed by atoms with Gasteiger partial charge in [0.25, 0.3) is 0 Å². The number of piperazine rings is 1. The highest BCUT2D eigenvalue weighted by Crippen LogP contribution is 2.20. The van der Waals surface area contributed by atoms with Crippen LogP contribution in [0, 0.1) is 11.6 Å². The number of rotatable bonds is 5. The second kappa shape index (κ2) is 7.93. The molecule has 1 aliphatic heterocycles. The van der Waals surface area contributed by atoms with Gasteiger partial charge in [-0.25, -0.2) is 18.4 Å². The van der Waals surface area contributed by atoms with E-state index in [1.807, 2.05) is 18.2 Å².